The molecule has 4 heterocycles. The first-order valence-electron chi connectivity index (χ1n) is 19.5. The Labute approximate surface area is 329 Å². The summed E-state index contributed by atoms with van der Waals surface area (Å²) in [5.41, 5.74) is 6.77. The number of anilines is 1. The fraction of sp³-hybridized carbons (Fsp3) is 0.319. The standard InChI is InChI=1S/C47H50N6O3/c1-31-25-32(23-24-48-31)42-37-26-33-28-52(41-30-51(29-38(41)45(2,3)4)44(55)56-46(5,6)7)43(54)49-39(33)27-40(37)53(50-42)47(34-17-11-8-12-18-34,35-19-13-9-14-20-35)36-21-15-10-16-22-36/h8-27,38,41H,28-30H2,1-7H3,(H,49,54). The zero-order valence-electron chi connectivity index (χ0n) is 33.3. The molecule has 1 saturated heterocycles. The van der Waals surface area contributed by atoms with Crippen LogP contribution in [0.5, 0.6) is 0 Å². The number of ether oxygens (including phenoxy) is 1. The summed E-state index contributed by atoms with van der Waals surface area (Å²) in [5.74, 6) is 0.0346. The van der Waals surface area contributed by atoms with E-state index in [2.05, 4.69) is 127 Å². The van der Waals surface area contributed by atoms with E-state index in [1.807, 2.05) is 63.1 Å². The molecule has 3 amide bonds. The van der Waals surface area contributed by atoms with Crippen LogP contribution in [0.4, 0.5) is 15.3 Å². The molecule has 6 aromatic rings. The highest BCUT2D eigenvalue weighted by Crippen LogP contribution is 2.46. The van der Waals surface area contributed by atoms with E-state index in [9.17, 15) is 9.59 Å². The maximum Gasteiger partial charge on any atom is 0.410 e. The van der Waals surface area contributed by atoms with Crippen LogP contribution in [-0.2, 0) is 16.8 Å². The molecule has 56 heavy (non-hydrogen) atoms. The van der Waals surface area contributed by atoms with Crippen molar-refractivity contribution in [2.75, 3.05) is 18.4 Å². The van der Waals surface area contributed by atoms with Gasteiger partial charge in [-0.1, -0.05) is 112 Å². The second-order valence-corrected chi connectivity index (χ2v) is 17.3. The van der Waals surface area contributed by atoms with Gasteiger partial charge in [0.1, 0.15) is 16.8 Å². The summed E-state index contributed by atoms with van der Waals surface area (Å²) in [5, 5.41) is 9.85. The number of amides is 3. The Bertz CT molecular complexity index is 2300. The summed E-state index contributed by atoms with van der Waals surface area (Å²) >= 11 is 0. The Hall–Kier alpha value is -5.96. The van der Waals surface area contributed by atoms with Crippen LogP contribution in [0, 0.1) is 18.3 Å². The largest absolute Gasteiger partial charge is 0.444 e. The van der Waals surface area contributed by atoms with Gasteiger partial charge in [-0.3, -0.25) is 4.98 Å². The average Bonchev–Trinajstić information content (AvgIpc) is 3.78. The minimum absolute atomic E-state index is 0.0346. The van der Waals surface area contributed by atoms with Gasteiger partial charge in [-0.25, -0.2) is 14.3 Å². The third-order valence-corrected chi connectivity index (χ3v) is 11.3. The first-order valence-corrected chi connectivity index (χ1v) is 19.5. The van der Waals surface area contributed by atoms with E-state index in [1.165, 1.54) is 0 Å². The molecule has 4 aromatic carbocycles. The molecule has 2 aromatic heterocycles. The fourth-order valence-corrected chi connectivity index (χ4v) is 8.66. The second-order valence-electron chi connectivity index (χ2n) is 17.3. The molecule has 1 N–H and O–H groups in total. The highest BCUT2D eigenvalue weighted by Gasteiger charge is 2.48. The number of hydrogen-bond acceptors (Lipinski definition) is 5. The molecule has 0 aliphatic carbocycles. The topological polar surface area (TPSA) is 92.6 Å². The van der Waals surface area contributed by atoms with E-state index < -0.39 is 11.1 Å². The van der Waals surface area contributed by atoms with Crippen molar-refractivity contribution in [3.05, 3.63) is 149 Å². The van der Waals surface area contributed by atoms with Crippen LogP contribution < -0.4 is 5.32 Å². The molecule has 9 nitrogen and oxygen atoms in total. The number of nitrogens with zero attached hydrogens (tertiary/aromatic N) is 5. The lowest BCUT2D eigenvalue weighted by Gasteiger charge is -2.40. The highest BCUT2D eigenvalue weighted by molar-refractivity contribution is 6.01. The number of rotatable bonds is 6. The van der Waals surface area contributed by atoms with Crippen molar-refractivity contribution in [2.24, 2.45) is 11.3 Å². The monoisotopic (exact) mass is 746 g/mol. The molecule has 2 unspecified atom stereocenters. The number of hydrogen-bond donors (Lipinski definition) is 1. The van der Waals surface area contributed by atoms with Gasteiger partial charge in [-0.2, -0.15) is 5.10 Å². The number of fused-ring (bicyclic) bond motifs is 2. The lowest BCUT2D eigenvalue weighted by molar-refractivity contribution is 0.0275. The van der Waals surface area contributed by atoms with E-state index >= 15 is 0 Å². The van der Waals surface area contributed by atoms with Gasteiger partial charge in [0.2, 0.25) is 0 Å². The molecule has 0 radical (unpaired) electrons. The predicted octanol–water partition coefficient (Wildman–Crippen LogP) is 9.88. The van der Waals surface area contributed by atoms with E-state index in [4.69, 9.17) is 9.84 Å². The summed E-state index contributed by atoms with van der Waals surface area (Å²) in [6.45, 7) is 15.5. The van der Waals surface area contributed by atoms with Crippen LogP contribution in [0.1, 0.15) is 69.5 Å². The fourth-order valence-electron chi connectivity index (χ4n) is 8.66. The van der Waals surface area contributed by atoms with Crippen LogP contribution in [0.3, 0.4) is 0 Å². The molecule has 2 aliphatic heterocycles. The Morgan fingerprint density at radius 2 is 1.38 bits per heavy atom. The minimum atomic E-state index is -0.879. The van der Waals surface area contributed by atoms with Crippen LogP contribution >= 0.6 is 0 Å². The van der Waals surface area contributed by atoms with E-state index in [0.717, 1.165) is 55.8 Å². The summed E-state index contributed by atoms with van der Waals surface area (Å²) in [7, 11) is 0. The van der Waals surface area contributed by atoms with Gasteiger partial charge in [0.25, 0.3) is 0 Å². The third-order valence-electron chi connectivity index (χ3n) is 11.3. The first-order chi connectivity index (χ1) is 26.7. The third kappa shape index (κ3) is 6.59. The van der Waals surface area contributed by atoms with E-state index in [0.29, 0.717) is 19.6 Å². The number of pyridine rings is 1. The van der Waals surface area contributed by atoms with Crippen LogP contribution in [0.25, 0.3) is 22.2 Å². The molecule has 2 aliphatic rings. The van der Waals surface area contributed by atoms with Crippen LogP contribution in [-0.4, -0.2) is 61.4 Å². The van der Waals surface area contributed by atoms with Gasteiger partial charge < -0.3 is 19.9 Å². The minimum Gasteiger partial charge on any atom is -0.444 e. The maximum atomic E-state index is 14.3. The first kappa shape index (κ1) is 37.0. The summed E-state index contributed by atoms with van der Waals surface area (Å²) in [6, 6.07) is 39.5. The Morgan fingerprint density at radius 3 is 1.91 bits per heavy atom. The lowest BCUT2D eigenvalue weighted by atomic mass is 9.77. The van der Waals surface area contributed by atoms with Crippen molar-refractivity contribution in [3.8, 4) is 11.3 Å². The van der Waals surface area contributed by atoms with E-state index in [-0.39, 0.29) is 29.5 Å². The SMILES string of the molecule is Cc1cc(-c2nn(C(c3ccccc3)(c3ccccc3)c3ccccc3)c3cc4c(cc23)CN(C2CN(C(=O)OC(C)(C)C)CC2C(C)(C)C)C(=O)N4)ccn1. The Kier molecular flexibility index (Phi) is 9.22. The summed E-state index contributed by atoms with van der Waals surface area (Å²) in [6.07, 6.45) is 1.48. The average molecular weight is 747 g/mol. The zero-order chi connectivity index (χ0) is 39.4. The molecule has 0 spiro atoms. The van der Waals surface area contributed by atoms with Gasteiger partial charge in [-0.15, -0.1) is 0 Å². The molecule has 8 rings (SSSR count). The number of carbonyl (C=O) groups is 2. The number of aromatic nitrogens is 3. The Balaban J connectivity index is 1.32. The molecule has 1 fully saturated rings. The highest BCUT2D eigenvalue weighted by atomic mass is 16.6. The van der Waals surface area contributed by atoms with Crippen molar-refractivity contribution < 1.29 is 14.3 Å². The molecule has 0 bridgehead atoms. The molecule has 9 heteroatoms. The zero-order valence-corrected chi connectivity index (χ0v) is 33.3. The maximum absolute atomic E-state index is 14.3. The van der Waals surface area contributed by atoms with Gasteiger partial charge >= 0.3 is 12.1 Å². The van der Waals surface area contributed by atoms with Crippen molar-refractivity contribution in [1.82, 2.24) is 24.6 Å². The summed E-state index contributed by atoms with van der Waals surface area (Å²) in [4.78, 5) is 35.9. The van der Waals surface area contributed by atoms with Crippen molar-refractivity contribution in [3.63, 3.8) is 0 Å². The predicted molar refractivity (Wildman–Crippen MR) is 221 cm³/mol. The normalized spacial score (nSPS) is 17.5. The number of aryl methyl sites for hydroxylation is 1. The van der Waals surface area contributed by atoms with Gasteiger partial charge in [0.15, 0.2) is 0 Å². The smallest absolute Gasteiger partial charge is 0.410 e. The molecular weight excluding hydrogens is 697 g/mol. The number of carbonyl (C=O) groups excluding carboxylic acids is 2. The molecule has 0 saturated carbocycles. The second kappa shape index (κ2) is 14.0. The molecular formula is C47H50N6O3. The number of urea groups is 1. The molecule has 2 atom stereocenters. The molecule has 286 valence electrons. The van der Waals surface area contributed by atoms with Crippen molar-refractivity contribution in [2.45, 2.75) is 72.2 Å². The summed E-state index contributed by atoms with van der Waals surface area (Å²) < 4.78 is 7.94. The number of likely N-dealkylation sites (tertiary alicyclic amines) is 1. The van der Waals surface area contributed by atoms with Gasteiger partial charge in [-0.05, 0) is 79.6 Å². The number of benzene rings is 4. The van der Waals surface area contributed by atoms with Gasteiger partial charge in [0.05, 0.1) is 11.6 Å². The lowest BCUT2D eigenvalue weighted by Crippen LogP contribution is -2.51. The van der Waals surface area contributed by atoms with Crippen molar-refractivity contribution >= 4 is 28.7 Å². The van der Waals surface area contributed by atoms with Crippen LogP contribution in [0.2, 0.25) is 0 Å². The van der Waals surface area contributed by atoms with Crippen molar-refractivity contribution in [1.29, 1.82) is 0 Å². The quantitative estimate of drug-likeness (QED) is 0.171. The van der Waals surface area contributed by atoms with Gasteiger partial charge in [0, 0.05) is 54.1 Å². The van der Waals surface area contributed by atoms with Crippen LogP contribution in [0.15, 0.2) is 121 Å². The Morgan fingerprint density at radius 1 is 0.786 bits per heavy atom. The van der Waals surface area contributed by atoms with E-state index in [1.54, 1.807) is 4.90 Å². The number of nitrogens with one attached hydrogen (secondary N) is 1.